The maximum Gasteiger partial charge on any atom is 0.326 e. The molecule has 0 saturated carbocycles. The molecule has 0 N–H and O–H groups in total. The number of halogens is 2. The van der Waals surface area contributed by atoms with Gasteiger partial charge in [0, 0.05) is 5.02 Å². The first kappa shape index (κ1) is 19.4. The summed E-state index contributed by atoms with van der Waals surface area (Å²) in [4.78, 5) is 11.7. The van der Waals surface area contributed by atoms with Crippen LogP contribution in [0.2, 0.25) is 10.0 Å². The number of anilines is 1. The maximum absolute atomic E-state index is 13.0. The SMILES string of the molecule is COC(=O)CN(c1cc(Cl)ccc1Cl)S(=O)(=O)c1ccc(OC)cc1. The zero-order valence-electron chi connectivity index (χ0n) is 13.4. The van der Waals surface area contributed by atoms with Crippen LogP contribution in [0, 0.1) is 0 Å². The number of hydrogen-bond acceptors (Lipinski definition) is 5. The number of hydrogen-bond donors (Lipinski definition) is 0. The molecule has 2 rings (SSSR count). The van der Waals surface area contributed by atoms with Crippen molar-refractivity contribution in [3.8, 4) is 5.75 Å². The Morgan fingerprint density at radius 2 is 1.72 bits per heavy atom. The Bertz CT molecular complexity index is 869. The van der Waals surface area contributed by atoms with E-state index in [1.165, 1.54) is 56.7 Å². The number of sulfonamides is 1. The van der Waals surface area contributed by atoms with Crippen LogP contribution in [-0.4, -0.2) is 35.2 Å². The number of nitrogens with zero attached hydrogens (tertiary/aromatic N) is 1. The van der Waals surface area contributed by atoms with E-state index < -0.39 is 22.5 Å². The molecule has 2 aromatic rings. The molecular weight excluding hydrogens is 389 g/mol. The van der Waals surface area contributed by atoms with Crippen LogP contribution in [0.15, 0.2) is 47.4 Å². The monoisotopic (exact) mass is 403 g/mol. The summed E-state index contributed by atoms with van der Waals surface area (Å²) in [5.74, 6) is -0.243. The largest absolute Gasteiger partial charge is 0.497 e. The molecule has 0 atom stereocenters. The topological polar surface area (TPSA) is 72.9 Å². The third kappa shape index (κ3) is 4.36. The van der Waals surface area contributed by atoms with Crippen LogP contribution in [0.4, 0.5) is 5.69 Å². The Morgan fingerprint density at radius 1 is 1.08 bits per heavy atom. The summed E-state index contributed by atoms with van der Waals surface area (Å²) in [7, 11) is -1.45. The van der Waals surface area contributed by atoms with Gasteiger partial charge in [-0.1, -0.05) is 23.2 Å². The smallest absolute Gasteiger partial charge is 0.326 e. The number of esters is 1. The number of ether oxygens (including phenoxy) is 2. The molecule has 0 unspecified atom stereocenters. The van der Waals surface area contributed by atoms with Gasteiger partial charge in [-0.3, -0.25) is 9.10 Å². The van der Waals surface area contributed by atoms with Gasteiger partial charge in [0.25, 0.3) is 10.0 Å². The first-order chi connectivity index (χ1) is 11.8. The summed E-state index contributed by atoms with van der Waals surface area (Å²) in [5.41, 5.74) is 0.0791. The molecule has 0 fully saturated rings. The normalized spacial score (nSPS) is 11.0. The van der Waals surface area contributed by atoms with E-state index in [2.05, 4.69) is 4.74 Å². The number of carbonyl (C=O) groups is 1. The Labute approximate surface area is 155 Å². The minimum absolute atomic E-state index is 0.0340. The summed E-state index contributed by atoms with van der Waals surface area (Å²) < 4.78 is 36.5. The molecule has 0 radical (unpaired) electrons. The van der Waals surface area contributed by atoms with Gasteiger partial charge in [0.15, 0.2) is 0 Å². The standard InChI is InChI=1S/C16H15Cl2NO5S/c1-23-12-4-6-13(7-5-12)25(21,22)19(10-16(20)24-2)15-9-11(17)3-8-14(15)18/h3-9H,10H2,1-2H3. The molecule has 2 aromatic carbocycles. The first-order valence-electron chi connectivity index (χ1n) is 6.98. The van der Waals surface area contributed by atoms with Gasteiger partial charge in [-0.05, 0) is 42.5 Å². The maximum atomic E-state index is 13.0. The Kier molecular flexibility index (Phi) is 6.16. The lowest BCUT2D eigenvalue weighted by Crippen LogP contribution is -2.36. The molecular formula is C16H15Cl2NO5S. The van der Waals surface area contributed by atoms with Gasteiger partial charge >= 0.3 is 5.97 Å². The molecule has 9 heteroatoms. The van der Waals surface area contributed by atoms with E-state index in [0.29, 0.717) is 5.75 Å². The van der Waals surface area contributed by atoms with Crippen LogP contribution in [0.25, 0.3) is 0 Å². The molecule has 0 aliphatic rings. The zero-order chi connectivity index (χ0) is 18.6. The summed E-state index contributed by atoms with van der Waals surface area (Å²) in [6.07, 6.45) is 0. The molecule has 25 heavy (non-hydrogen) atoms. The second-order valence-electron chi connectivity index (χ2n) is 4.86. The van der Waals surface area contributed by atoms with Crippen molar-refractivity contribution < 1.29 is 22.7 Å². The molecule has 0 saturated heterocycles. The molecule has 0 amide bonds. The van der Waals surface area contributed by atoms with E-state index in [1.54, 1.807) is 0 Å². The highest BCUT2D eigenvalue weighted by atomic mass is 35.5. The number of rotatable bonds is 6. The van der Waals surface area contributed by atoms with E-state index in [-0.39, 0.29) is 20.6 Å². The highest BCUT2D eigenvalue weighted by molar-refractivity contribution is 7.92. The lowest BCUT2D eigenvalue weighted by atomic mass is 10.3. The van der Waals surface area contributed by atoms with Crippen LogP contribution in [0.5, 0.6) is 5.75 Å². The van der Waals surface area contributed by atoms with Crippen molar-refractivity contribution in [2.45, 2.75) is 4.90 Å². The summed E-state index contributed by atoms with van der Waals surface area (Å²) in [5, 5.41) is 0.407. The van der Waals surface area contributed by atoms with Crippen molar-refractivity contribution in [3.05, 3.63) is 52.5 Å². The lowest BCUT2D eigenvalue weighted by Gasteiger charge is -2.24. The molecule has 134 valence electrons. The van der Waals surface area contributed by atoms with Crippen LogP contribution in [0.3, 0.4) is 0 Å². The zero-order valence-corrected chi connectivity index (χ0v) is 15.7. The van der Waals surface area contributed by atoms with E-state index in [1.807, 2.05) is 0 Å². The van der Waals surface area contributed by atoms with Crippen LogP contribution < -0.4 is 9.04 Å². The molecule has 0 aromatic heterocycles. The molecule has 0 bridgehead atoms. The third-order valence-electron chi connectivity index (χ3n) is 3.32. The lowest BCUT2D eigenvalue weighted by molar-refractivity contribution is -0.138. The fraction of sp³-hybridized carbons (Fsp3) is 0.188. The number of carbonyl (C=O) groups excluding carboxylic acids is 1. The minimum Gasteiger partial charge on any atom is -0.497 e. The van der Waals surface area contributed by atoms with Gasteiger partial charge in [0.1, 0.15) is 12.3 Å². The van der Waals surface area contributed by atoms with Crippen molar-refractivity contribution in [1.82, 2.24) is 0 Å². The average molecular weight is 404 g/mol. The Balaban J connectivity index is 2.56. The van der Waals surface area contributed by atoms with Gasteiger partial charge < -0.3 is 9.47 Å². The van der Waals surface area contributed by atoms with Gasteiger partial charge in [-0.15, -0.1) is 0 Å². The third-order valence-corrected chi connectivity index (χ3v) is 5.65. The molecule has 0 heterocycles. The van der Waals surface area contributed by atoms with Crippen molar-refractivity contribution in [2.75, 3.05) is 25.1 Å². The van der Waals surface area contributed by atoms with Gasteiger partial charge in [0.2, 0.25) is 0 Å². The second kappa shape index (κ2) is 7.95. The van der Waals surface area contributed by atoms with Crippen LogP contribution >= 0.6 is 23.2 Å². The van der Waals surface area contributed by atoms with Gasteiger partial charge in [0.05, 0.1) is 29.8 Å². The quantitative estimate of drug-likeness (QED) is 0.691. The second-order valence-corrected chi connectivity index (χ2v) is 7.57. The Morgan fingerprint density at radius 3 is 2.28 bits per heavy atom. The van der Waals surface area contributed by atoms with E-state index in [4.69, 9.17) is 27.9 Å². The molecule has 0 aliphatic heterocycles. The summed E-state index contributed by atoms with van der Waals surface area (Å²) in [6, 6.07) is 10.1. The van der Waals surface area contributed by atoms with E-state index in [0.717, 1.165) is 4.31 Å². The molecule has 0 aliphatic carbocycles. The van der Waals surface area contributed by atoms with Crippen molar-refractivity contribution >= 4 is 44.9 Å². The first-order valence-corrected chi connectivity index (χ1v) is 9.18. The Hall–Kier alpha value is -1.96. The van der Waals surface area contributed by atoms with E-state index in [9.17, 15) is 13.2 Å². The number of benzene rings is 2. The fourth-order valence-corrected chi connectivity index (χ4v) is 3.89. The highest BCUT2D eigenvalue weighted by Gasteiger charge is 2.29. The minimum atomic E-state index is -4.09. The fourth-order valence-electron chi connectivity index (χ4n) is 2.03. The van der Waals surface area contributed by atoms with Crippen LogP contribution in [0.1, 0.15) is 0 Å². The average Bonchev–Trinajstić information content (AvgIpc) is 2.61. The van der Waals surface area contributed by atoms with Crippen molar-refractivity contribution in [1.29, 1.82) is 0 Å². The highest BCUT2D eigenvalue weighted by Crippen LogP contribution is 2.33. The number of methoxy groups -OCH3 is 2. The predicted octanol–water partition coefficient (Wildman–Crippen LogP) is 3.37. The summed E-state index contributed by atoms with van der Waals surface area (Å²) in [6.45, 7) is -0.551. The van der Waals surface area contributed by atoms with Gasteiger partial charge in [-0.25, -0.2) is 8.42 Å². The van der Waals surface area contributed by atoms with Gasteiger partial charge in [-0.2, -0.15) is 0 Å². The van der Waals surface area contributed by atoms with E-state index >= 15 is 0 Å². The predicted molar refractivity (Wildman–Crippen MR) is 96.0 cm³/mol. The van der Waals surface area contributed by atoms with Crippen LogP contribution in [-0.2, 0) is 19.6 Å². The summed E-state index contributed by atoms with van der Waals surface area (Å²) >= 11 is 12.1. The molecule has 0 spiro atoms. The molecule has 6 nitrogen and oxygen atoms in total. The van der Waals surface area contributed by atoms with Crippen molar-refractivity contribution in [2.24, 2.45) is 0 Å². The van der Waals surface area contributed by atoms with Crippen molar-refractivity contribution in [3.63, 3.8) is 0 Å².